The summed E-state index contributed by atoms with van der Waals surface area (Å²) in [5.74, 6) is -0.435. The van der Waals surface area contributed by atoms with Crippen LogP contribution < -0.4 is 10.4 Å². The SMILES string of the molecule is COc1ccc(Cn2nc3ccc(S(=O)(=O)N4CCOCC4)cn3c2=O)cc1F. The van der Waals surface area contributed by atoms with Gasteiger partial charge >= 0.3 is 5.69 Å². The molecule has 4 rings (SSSR count). The molecule has 1 aliphatic rings. The average Bonchev–Trinajstić information content (AvgIpc) is 3.04. The zero-order chi connectivity index (χ0) is 20.6. The molecular weight excluding hydrogens is 403 g/mol. The van der Waals surface area contributed by atoms with Crippen LogP contribution >= 0.6 is 0 Å². The first-order chi connectivity index (χ1) is 13.9. The molecule has 0 atom stereocenters. The van der Waals surface area contributed by atoms with Gasteiger partial charge in [0.05, 0.1) is 31.8 Å². The number of rotatable bonds is 5. The highest BCUT2D eigenvalue weighted by Gasteiger charge is 2.27. The first-order valence-corrected chi connectivity index (χ1v) is 10.3. The van der Waals surface area contributed by atoms with E-state index >= 15 is 0 Å². The molecule has 1 saturated heterocycles. The quantitative estimate of drug-likeness (QED) is 0.601. The van der Waals surface area contributed by atoms with Crippen molar-refractivity contribution in [2.75, 3.05) is 33.4 Å². The van der Waals surface area contributed by atoms with Crippen molar-refractivity contribution >= 4 is 15.7 Å². The van der Waals surface area contributed by atoms with Gasteiger partial charge in [0.25, 0.3) is 0 Å². The predicted octanol–water partition coefficient (Wildman–Crippen LogP) is 0.713. The largest absolute Gasteiger partial charge is 0.494 e. The molecule has 0 N–H and O–H groups in total. The first-order valence-electron chi connectivity index (χ1n) is 8.90. The predicted molar refractivity (Wildman–Crippen MR) is 101 cm³/mol. The smallest absolute Gasteiger partial charge is 0.350 e. The van der Waals surface area contributed by atoms with Crippen LogP contribution in [-0.2, 0) is 21.3 Å². The molecule has 2 aromatic heterocycles. The number of hydrogen-bond donors (Lipinski definition) is 0. The van der Waals surface area contributed by atoms with E-state index in [1.807, 2.05) is 0 Å². The summed E-state index contributed by atoms with van der Waals surface area (Å²) < 4.78 is 53.3. The fourth-order valence-electron chi connectivity index (χ4n) is 3.17. The van der Waals surface area contributed by atoms with Gasteiger partial charge in [-0.1, -0.05) is 6.07 Å². The van der Waals surface area contributed by atoms with Crippen LogP contribution in [0.3, 0.4) is 0 Å². The van der Waals surface area contributed by atoms with Crippen LogP contribution in [-0.4, -0.2) is 60.3 Å². The number of methoxy groups -OCH3 is 1. The molecule has 0 amide bonds. The molecule has 29 heavy (non-hydrogen) atoms. The van der Waals surface area contributed by atoms with Crippen LogP contribution in [0.4, 0.5) is 4.39 Å². The summed E-state index contributed by atoms with van der Waals surface area (Å²) in [5, 5.41) is 4.20. The van der Waals surface area contributed by atoms with E-state index in [1.54, 1.807) is 6.07 Å². The molecule has 3 heterocycles. The molecule has 0 aliphatic carbocycles. The lowest BCUT2D eigenvalue weighted by Gasteiger charge is -2.25. The van der Waals surface area contributed by atoms with Gasteiger partial charge in [0, 0.05) is 19.3 Å². The number of morpholine rings is 1. The maximum Gasteiger partial charge on any atom is 0.350 e. The van der Waals surface area contributed by atoms with Crippen molar-refractivity contribution < 1.29 is 22.3 Å². The van der Waals surface area contributed by atoms with E-state index in [9.17, 15) is 17.6 Å². The van der Waals surface area contributed by atoms with E-state index in [0.717, 1.165) is 4.68 Å². The highest BCUT2D eigenvalue weighted by atomic mass is 32.2. The van der Waals surface area contributed by atoms with Gasteiger partial charge in [-0.3, -0.25) is 0 Å². The van der Waals surface area contributed by atoms with Crippen LogP contribution in [0, 0.1) is 5.82 Å². The first kappa shape index (κ1) is 19.6. The second kappa shape index (κ2) is 7.58. The second-order valence-corrected chi connectivity index (χ2v) is 8.46. The van der Waals surface area contributed by atoms with Gasteiger partial charge in [0.2, 0.25) is 10.0 Å². The maximum atomic E-state index is 13.9. The molecule has 154 valence electrons. The van der Waals surface area contributed by atoms with E-state index in [2.05, 4.69) is 5.10 Å². The van der Waals surface area contributed by atoms with Crippen molar-refractivity contribution in [3.8, 4) is 5.75 Å². The molecule has 0 saturated carbocycles. The standard InChI is InChI=1S/C18H19FN4O5S/c1-27-16-4-2-13(10-15(16)19)11-23-18(24)22-12-14(3-5-17(22)20-23)29(25,26)21-6-8-28-9-7-21/h2-5,10,12H,6-9,11H2,1H3. The van der Waals surface area contributed by atoms with Crippen molar-refractivity contribution in [3.05, 3.63) is 58.4 Å². The lowest BCUT2D eigenvalue weighted by atomic mass is 10.2. The minimum atomic E-state index is -3.74. The Morgan fingerprint density at radius 2 is 1.97 bits per heavy atom. The molecule has 11 heteroatoms. The third-order valence-corrected chi connectivity index (χ3v) is 6.59. The van der Waals surface area contributed by atoms with E-state index in [0.29, 0.717) is 24.4 Å². The van der Waals surface area contributed by atoms with E-state index < -0.39 is 21.5 Å². The monoisotopic (exact) mass is 422 g/mol. The normalized spacial score (nSPS) is 15.7. The second-order valence-electron chi connectivity index (χ2n) is 6.52. The molecule has 9 nitrogen and oxygen atoms in total. The number of aromatic nitrogens is 3. The summed E-state index contributed by atoms with van der Waals surface area (Å²) >= 11 is 0. The van der Waals surface area contributed by atoms with Crippen molar-refractivity contribution in [1.29, 1.82) is 0 Å². The molecular formula is C18H19FN4O5S. The number of hydrogen-bond acceptors (Lipinski definition) is 6. The molecule has 0 radical (unpaired) electrons. The number of benzene rings is 1. The molecule has 0 spiro atoms. The summed E-state index contributed by atoms with van der Waals surface area (Å²) in [6, 6.07) is 7.26. The highest BCUT2D eigenvalue weighted by Crippen LogP contribution is 2.19. The minimum Gasteiger partial charge on any atom is -0.494 e. The Bertz CT molecular complexity index is 1210. The highest BCUT2D eigenvalue weighted by molar-refractivity contribution is 7.89. The zero-order valence-electron chi connectivity index (χ0n) is 15.6. The summed E-state index contributed by atoms with van der Waals surface area (Å²) in [4.78, 5) is 12.7. The summed E-state index contributed by atoms with van der Waals surface area (Å²) in [5.41, 5.74) is 0.301. The zero-order valence-corrected chi connectivity index (χ0v) is 16.4. The van der Waals surface area contributed by atoms with Gasteiger partial charge in [-0.2, -0.15) is 4.31 Å². The van der Waals surface area contributed by atoms with E-state index in [-0.39, 0.29) is 30.3 Å². The topological polar surface area (TPSA) is 95.1 Å². The van der Waals surface area contributed by atoms with E-state index in [4.69, 9.17) is 9.47 Å². The lowest BCUT2D eigenvalue weighted by Crippen LogP contribution is -2.40. The summed E-state index contributed by atoms with van der Waals surface area (Å²) in [7, 11) is -2.37. The van der Waals surface area contributed by atoms with Crippen molar-refractivity contribution in [2.24, 2.45) is 0 Å². The van der Waals surface area contributed by atoms with Crippen molar-refractivity contribution in [3.63, 3.8) is 0 Å². The van der Waals surface area contributed by atoms with Crippen molar-refractivity contribution in [1.82, 2.24) is 18.5 Å². The number of pyridine rings is 1. The Morgan fingerprint density at radius 1 is 1.21 bits per heavy atom. The van der Waals surface area contributed by atoms with Crippen LogP contribution in [0.1, 0.15) is 5.56 Å². The molecule has 0 bridgehead atoms. The van der Waals surface area contributed by atoms with Gasteiger partial charge < -0.3 is 9.47 Å². The van der Waals surface area contributed by atoms with Crippen LogP contribution in [0.15, 0.2) is 46.2 Å². The Hall–Kier alpha value is -2.76. The lowest BCUT2D eigenvalue weighted by molar-refractivity contribution is 0.0730. The van der Waals surface area contributed by atoms with Gasteiger partial charge in [-0.05, 0) is 29.8 Å². The van der Waals surface area contributed by atoms with Crippen LogP contribution in [0.5, 0.6) is 5.75 Å². The summed E-state index contributed by atoms with van der Waals surface area (Å²) in [6.07, 6.45) is 1.26. The average molecular weight is 422 g/mol. The van der Waals surface area contributed by atoms with Crippen molar-refractivity contribution in [2.45, 2.75) is 11.4 Å². The third kappa shape index (κ3) is 3.63. The molecule has 0 unspecified atom stereocenters. The van der Waals surface area contributed by atoms with Gasteiger partial charge in [-0.25, -0.2) is 26.7 Å². The number of sulfonamides is 1. The van der Waals surface area contributed by atoms with E-state index in [1.165, 1.54) is 46.3 Å². The fraction of sp³-hybridized carbons (Fsp3) is 0.333. The molecule has 1 fully saturated rings. The Labute approximate surface area is 165 Å². The fourth-order valence-corrected chi connectivity index (χ4v) is 4.58. The maximum absolute atomic E-state index is 13.9. The summed E-state index contributed by atoms with van der Waals surface area (Å²) in [6.45, 7) is 1.22. The van der Waals surface area contributed by atoms with Gasteiger partial charge in [0.15, 0.2) is 17.2 Å². The van der Waals surface area contributed by atoms with Gasteiger partial charge in [-0.15, -0.1) is 5.10 Å². The molecule has 1 aliphatic heterocycles. The number of fused-ring (bicyclic) bond motifs is 1. The third-order valence-electron chi connectivity index (χ3n) is 4.71. The Morgan fingerprint density at radius 3 is 2.66 bits per heavy atom. The molecule has 1 aromatic carbocycles. The number of halogens is 1. The Kier molecular flexibility index (Phi) is 5.11. The van der Waals surface area contributed by atoms with Crippen LogP contribution in [0.2, 0.25) is 0 Å². The number of nitrogens with zero attached hydrogens (tertiary/aromatic N) is 4. The minimum absolute atomic E-state index is 0.00374. The Balaban J connectivity index is 1.67. The van der Waals surface area contributed by atoms with Crippen LogP contribution in [0.25, 0.3) is 5.65 Å². The van der Waals surface area contributed by atoms with Gasteiger partial charge in [0.1, 0.15) is 0 Å². The number of ether oxygens (including phenoxy) is 2. The molecule has 3 aromatic rings.